The molecule has 0 bridgehead atoms. The molecule has 1 aromatic carbocycles. The Labute approximate surface area is 82.4 Å². The number of rotatable bonds is 3. The highest BCUT2D eigenvalue weighted by atomic mass is 19.1. The lowest BCUT2D eigenvalue weighted by atomic mass is 10.2. The fourth-order valence-corrected chi connectivity index (χ4v) is 0.972. The van der Waals surface area contributed by atoms with Crippen LogP contribution in [0.1, 0.15) is 12.5 Å². The number of nitrogens with one attached hydrogen (secondary N) is 1. The van der Waals surface area contributed by atoms with E-state index >= 15 is 0 Å². The lowest BCUT2D eigenvalue weighted by Gasteiger charge is -1.95. The quantitative estimate of drug-likeness (QED) is 0.781. The number of carbonyl (C=O) groups excluding carboxylic acids is 1. The van der Waals surface area contributed by atoms with Crippen molar-refractivity contribution >= 4 is 12.0 Å². The van der Waals surface area contributed by atoms with E-state index in [-0.39, 0.29) is 11.7 Å². The number of halogens is 1. The number of hydrogen-bond acceptors (Lipinski definition) is 1. The zero-order valence-electron chi connectivity index (χ0n) is 7.96. The second-order valence-corrected chi connectivity index (χ2v) is 2.89. The maximum atomic E-state index is 12.5. The molecule has 1 N–H and O–H groups in total. The van der Waals surface area contributed by atoms with Crippen LogP contribution in [0.2, 0.25) is 0 Å². The molecule has 1 rings (SSSR count). The van der Waals surface area contributed by atoms with Crippen LogP contribution in [0.3, 0.4) is 0 Å². The van der Waals surface area contributed by atoms with Crippen molar-refractivity contribution < 1.29 is 9.18 Å². The monoisotopic (exact) mass is 193 g/mol. The van der Waals surface area contributed by atoms with Gasteiger partial charge in [0.05, 0.1) is 0 Å². The molecule has 0 heterocycles. The highest BCUT2D eigenvalue weighted by Gasteiger charge is 1.88. The van der Waals surface area contributed by atoms with E-state index in [9.17, 15) is 9.18 Å². The molecule has 0 aliphatic carbocycles. The Balaban J connectivity index is 2.44. The minimum atomic E-state index is -0.246. The van der Waals surface area contributed by atoms with Crippen molar-refractivity contribution in [1.82, 2.24) is 5.32 Å². The van der Waals surface area contributed by atoms with Crippen LogP contribution in [-0.4, -0.2) is 12.5 Å². The molecule has 0 unspecified atom stereocenters. The molecule has 0 fully saturated rings. The standard InChI is InChI=1S/C11H12FNO/c1-9(14)13-8-2-3-10-4-6-11(12)7-5-10/h2-7H,8H2,1H3,(H,13,14). The van der Waals surface area contributed by atoms with Crippen LogP contribution in [0.25, 0.3) is 6.08 Å². The lowest BCUT2D eigenvalue weighted by molar-refractivity contribution is -0.118. The molecule has 3 heteroatoms. The largest absolute Gasteiger partial charge is 0.353 e. The molecule has 0 aliphatic heterocycles. The van der Waals surface area contributed by atoms with Crippen LogP contribution in [0.15, 0.2) is 30.3 Å². The van der Waals surface area contributed by atoms with Crippen LogP contribution in [0, 0.1) is 5.82 Å². The van der Waals surface area contributed by atoms with Gasteiger partial charge in [0.15, 0.2) is 0 Å². The minimum absolute atomic E-state index is 0.0613. The summed E-state index contributed by atoms with van der Waals surface area (Å²) in [7, 11) is 0. The van der Waals surface area contributed by atoms with Gasteiger partial charge in [-0.25, -0.2) is 4.39 Å². The van der Waals surface area contributed by atoms with Crippen molar-refractivity contribution in [3.05, 3.63) is 41.7 Å². The molecule has 74 valence electrons. The first-order valence-corrected chi connectivity index (χ1v) is 4.35. The van der Waals surface area contributed by atoms with Gasteiger partial charge in [0, 0.05) is 13.5 Å². The third-order valence-electron chi connectivity index (χ3n) is 1.65. The Kier molecular flexibility index (Phi) is 3.85. The molecule has 0 aliphatic rings. The second-order valence-electron chi connectivity index (χ2n) is 2.89. The van der Waals surface area contributed by atoms with E-state index in [2.05, 4.69) is 5.32 Å². The van der Waals surface area contributed by atoms with Crippen molar-refractivity contribution in [2.24, 2.45) is 0 Å². The predicted octanol–water partition coefficient (Wildman–Crippen LogP) is 1.98. The van der Waals surface area contributed by atoms with Gasteiger partial charge in [0.25, 0.3) is 0 Å². The van der Waals surface area contributed by atoms with Gasteiger partial charge in [0.1, 0.15) is 5.82 Å². The summed E-state index contributed by atoms with van der Waals surface area (Å²) in [6.45, 7) is 1.96. The maximum Gasteiger partial charge on any atom is 0.217 e. The Morgan fingerprint density at radius 3 is 2.64 bits per heavy atom. The molecule has 1 aromatic rings. The summed E-state index contributed by atoms with van der Waals surface area (Å²) < 4.78 is 12.5. The summed E-state index contributed by atoms with van der Waals surface area (Å²) >= 11 is 0. The molecule has 0 radical (unpaired) electrons. The molecule has 0 aromatic heterocycles. The van der Waals surface area contributed by atoms with E-state index in [0.29, 0.717) is 6.54 Å². The molecule has 0 saturated carbocycles. The van der Waals surface area contributed by atoms with Crippen molar-refractivity contribution in [3.8, 4) is 0 Å². The summed E-state index contributed by atoms with van der Waals surface area (Å²) in [4.78, 5) is 10.5. The number of benzene rings is 1. The van der Waals surface area contributed by atoms with Gasteiger partial charge in [-0.1, -0.05) is 24.3 Å². The number of carbonyl (C=O) groups is 1. The third-order valence-corrected chi connectivity index (χ3v) is 1.65. The van der Waals surface area contributed by atoms with Gasteiger partial charge in [-0.3, -0.25) is 4.79 Å². The van der Waals surface area contributed by atoms with E-state index in [0.717, 1.165) is 5.56 Å². The van der Waals surface area contributed by atoms with E-state index in [1.807, 2.05) is 12.2 Å². The minimum Gasteiger partial charge on any atom is -0.353 e. The molecule has 2 nitrogen and oxygen atoms in total. The molecule has 0 spiro atoms. The first-order chi connectivity index (χ1) is 6.68. The van der Waals surface area contributed by atoms with Crippen LogP contribution < -0.4 is 5.32 Å². The van der Waals surface area contributed by atoms with Crippen molar-refractivity contribution in [2.75, 3.05) is 6.54 Å². The Morgan fingerprint density at radius 1 is 1.43 bits per heavy atom. The summed E-state index contributed by atoms with van der Waals surface area (Å²) in [5.74, 6) is -0.308. The molecule has 0 saturated heterocycles. The van der Waals surface area contributed by atoms with Crippen LogP contribution in [0.4, 0.5) is 4.39 Å². The topological polar surface area (TPSA) is 29.1 Å². The van der Waals surface area contributed by atoms with Gasteiger partial charge in [0.2, 0.25) is 5.91 Å². The van der Waals surface area contributed by atoms with Gasteiger partial charge in [-0.05, 0) is 17.7 Å². The fourth-order valence-electron chi connectivity index (χ4n) is 0.972. The lowest BCUT2D eigenvalue weighted by Crippen LogP contribution is -2.19. The van der Waals surface area contributed by atoms with Crippen molar-refractivity contribution in [1.29, 1.82) is 0 Å². The predicted molar refractivity (Wildman–Crippen MR) is 54.1 cm³/mol. The molecular formula is C11H12FNO. The van der Waals surface area contributed by atoms with Gasteiger partial charge >= 0.3 is 0 Å². The fraction of sp³-hybridized carbons (Fsp3) is 0.182. The van der Waals surface area contributed by atoms with E-state index < -0.39 is 0 Å². The normalized spacial score (nSPS) is 10.4. The summed E-state index contributed by atoms with van der Waals surface area (Å²) in [5, 5.41) is 2.63. The molecule has 1 amide bonds. The third kappa shape index (κ3) is 3.85. The highest BCUT2D eigenvalue weighted by Crippen LogP contribution is 2.03. The van der Waals surface area contributed by atoms with Gasteiger partial charge < -0.3 is 5.32 Å². The zero-order valence-corrected chi connectivity index (χ0v) is 7.96. The summed E-state index contributed by atoms with van der Waals surface area (Å²) in [6.07, 6.45) is 3.64. The van der Waals surface area contributed by atoms with Crippen molar-refractivity contribution in [2.45, 2.75) is 6.92 Å². The average Bonchev–Trinajstić information content (AvgIpc) is 2.15. The summed E-state index contributed by atoms with van der Waals surface area (Å²) in [5.41, 5.74) is 0.914. The smallest absolute Gasteiger partial charge is 0.217 e. The Bertz CT molecular complexity index is 330. The van der Waals surface area contributed by atoms with Crippen LogP contribution in [0.5, 0.6) is 0 Å². The van der Waals surface area contributed by atoms with Crippen LogP contribution >= 0.6 is 0 Å². The van der Waals surface area contributed by atoms with Gasteiger partial charge in [-0.2, -0.15) is 0 Å². The van der Waals surface area contributed by atoms with Crippen LogP contribution in [-0.2, 0) is 4.79 Å². The Morgan fingerprint density at radius 2 is 2.07 bits per heavy atom. The zero-order chi connectivity index (χ0) is 10.4. The summed E-state index contributed by atoms with van der Waals surface area (Å²) in [6, 6.07) is 6.16. The van der Waals surface area contributed by atoms with E-state index in [1.165, 1.54) is 19.1 Å². The SMILES string of the molecule is CC(=O)NCC=Cc1ccc(F)cc1. The first-order valence-electron chi connectivity index (χ1n) is 4.35. The number of hydrogen-bond donors (Lipinski definition) is 1. The maximum absolute atomic E-state index is 12.5. The molecule has 0 atom stereocenters. The second kappa shape index (κ2) is 5.17. The van der Waals surface area contributed by atoms with E-state index in [1.54, 1.807) is 12.1 Å². The Hall–Kier alpha value is -1.64. The van der Waals surface area contributed by atoms with Gasteiger partial charge in [-0.15, -0.1) is 0 Å². The first kappa shape index (κ1) is 10.4. The highest BCUT2D eigenvalue weighted by molar-refractivity contribution is 5.73. The average molecular weight is 193 g/mol. The van der Waals surface area contributed by atoms with Crippen molar-refractivity contribution in [3.63, 3.8) is 0 Å². The van der Waals surface area contributed by atoms with E-state index in [4.69, 9.17) is 0 Å². The number of amides is 1. The molecule has 14 heavy (non-hydrogen) atoms. The molecular weight excluding hydrogens is 181 g/mol.